The molecule has 2 amide bonds. The number of hydrogen-bond acceptors (Lipinski definition) is 6. The molecule has 0 radical (unpaired) electrons. The molecule has 4 rings (SSSR count). The number of urea groups is 1. The fraction of sp³-hybridized carbons (Fsp3) is 0.312. The first-order valence-electron chi connectivity index (χ1n) is 8.16. The summed E-state index contributed by atoms with van der Waals surface area (Å²) < 4.78 is 7.03. The van der Waals surface area contributed by atoms with Crippen molar-refractivity contribution >= 4 is 11.7 Å². The Morgan fingerprint density at radius 2 is 2.04 bits per heavy atom. The van der Waals surface area contributed by atoms with E-state index >= 15 is 0 Å². The molecule has 3 heterocycles. The highest BCUT2D eigenvalue weighted by molar-refractivity contribution is 5.91. The molecule has 3 aromatic rings. The van der Waals surface area contributed by atoms with Crippen molar-refractivity contribution in [3.8, 4) is 5.75 Å². The van der Waals surface area contributed by atoms with E-state index < -0.39 is 0 Å². The number of hydrogen-bond donors (Lipinski definition) is 1. The number of aromatic nitrogens is 6. The Bertz CT molecular complexity index is 885. The van der Waals surface area contributed by atoms with Crippen LogP contribution >= 0.6 is 0 Å². The van der Waals surface area contributed by atoms with Crippen LogP contribution in [0.15, 0.2) is 42.9 Å². The van der Waals surface area contributed by atoms with Crippen LogP contribution in [0.1, 0.15) is 11.7 Å². The van der Waals surface area contributed by atoms with Gasteiger partial charge in [0.1, 0.15) is 18.0 Å². The van der Waals surface area contributed by atoms with E-state index in [0.29, 0.717) is 31.1 Å². The van der Waals surface area contributed by atoms with Crippen LogP contribution in [0.25, 0.3) is 0 Å². The van der Waals surface area contributed by atoms with Crippen LogP contribution in [-0.2, 0) is 6.54 Å². The molecule has 1 aliphatic heterocycles. The van der Waals surface area contributed by atoms with Crippen molar-refractivity contribution < 1.29 is 9.53 Å². The molecule has 0 unspecified atom stereocenters. The molecule has 0 aliphatic carbocycles. The average Bonchev–Trinajstić information content (AvgIpc) is 3.27. The molecule has 1 aromatic carbocycles. The molecule has 1 fully saturated rings. The van der Waals surface area contributed by atoms with Gasteiger partial charge in [-0.15, -0.1) is 5.10 Å². The van der Waals surface area contributed by atoms with Gasteiger partial charge in [-0.25, -0.2) is 9.48 Å². The molecule has 1 saturated heterocycles. The zero-order valence-corrected chi connectivity index (χ0v) is 14.2. The molecule has 2 aromatic heterocycles. The monoisotopic (exact) mass is 354 g/mol. The van der Waals surface area contributed by atoms with Crippen LogP contribution in [-0.4, -0.2) is 61.1 Å². The SMILES string of the molecule is COc1ccccc1NC(=O)N1CC(n2cc(Cn3nccn3)nn2)C1. The minimum absolute atomic E-state index is 0.116. The first kappa shape index (κ1) is 16.1. The Morgan fingerprint density at radius 1 is 1.27 bits per heavy atom. The maximum absolute atomic E-state index is 12.4. The molecular formula is C16H18N8O2. The van der Waals surface area contributed by atoms with Crippen molar-refractivity contribution in [2.24, 2.45) is 0 Å². The highest BCUT2D eigenvalue weighted by Crippen LogP contribution is 2.26. The second-order valence-corrected chi connectivity index (χ2v) is 5.94. The number of carbonyl (C=O) groups is 1. The van der Waals surface area contributed by atoms with Crippen molar-refractivity contribution in [1.82, 2.24) is 34.9 Å². The summed E-state index contributed by atoms with van der Waals surface area (Å²) in [5.41, 5.74) is 1.43. The summed E-state index contributed by atoms with van der Waals surface area (Å²) in [7, 11) is 1.58. The molecular weight excluding hydrogens is 336 g/mol. The van der Waals surface area contributed by atoms with Crippen molar-refractivity contribution in [3.63, 3.8) is 0 Å². The van der Waals surface area contributed by atoms with Crippen LogP contribution in [0, 0.1) is 0 Å². The number of ether oxygens (including phenoxy) is 1. The third kappa shape index (κ3) is 3.21. The number of nitrogens with zero attached hydrogens (tertiary/aromatic N) is 7. The molecule has 0 saturated carbocycles. The highest BCUT2D eigenvalue weighted by atomic mass is 16.5. The molecule has 1 aliphatic rings. The largest absolute Gasteiger partial charge is 0.495 e. The molecule has 134 valence electrons. The number of benzene rings is 1. The summed E-state index contributed by atoms with van der Waals surface area (Å²) in [6, 6.07) is 7.27. The molecule has 0 atom stereocenters. The second kappa shape index (κ2) is 6.82. The zero-order chi connectivity index (χ0) is 17.9. The van der Waals surface area contributed by atoms with Gasteiger partial charge in [-0.2, -0.15) is 15.0 Å². The molecule has 10 nitrogen and oxygen atoms in total. The van der Waals surface area contributed by atoms with E-state index in [2.05, 4.69) is 25.8 Å². The van der Waals surface area contributed by atoms with Crippen LogP contribution < -0.4 is 10.1 Å². The Kier molecular flexibility index (Phi) is 4.22. The minimum Gasteiger partial charge on any atom is -0.495 e. The lowest BCUT2D eigenvalue weighted by atomic mass is 10.1. The van der Waals surface area contributed by atoms with Crippen LogP contribution in [0.4, 0.5) is 10.5 Å². The third-order valence-electron chi connectivity index (χ3n) is 4.20. The summed E-state index contributed by atoms with van der Waals surface area (Å²) in [4.78, 5) is 15.6. The normalized spacial score (nSPS) is 14.1. The number of rotatable bonds is 5. The number of amides is 2. The van der Waals surface area contributed by atoms with E-state index in [9.17, 15) is 4.79 Å². The smallest absolute Gasteiger partial charge is 0.322 e. The topological polar surface area (TPSA) is 103 Å². The van der Waals surface area contributed by atoms with Crippen molar-refractivity contribution in [2.75, 3.05) is 25.5 Å². The van der Waals surface area contributed by atoms with Gasteiger partial charge >= 0.3 is 6.03 Å². The molecule has 10 heteroatoms. The van der Waals surface area contributed by atoms with Crippen LogP contribution in [0.2, 0.25) is 0 Å². The number of nitrogens with one attached hydrogen (secondary N) is 1. The fourth-order valence-corrected chi connectivity index (χ4v) is 2.76. The first-order chi connectivity index (χ1) is 12.7. The van der Waals surface area contributed by atoms with E-state index in [4.69, 9.17) is 4.74 Å². The minimum atomic E-state index is -0.160. The Morgan fingerprint density at radius 3 is 2.81 bits per heavy atom. The fourth-order valence-electron chi connectivity index (χ4n) is 2.76. The van der Waals surface area contributed by atoms with Gasteiger partial charge in [0.05, 0.1) is 37.4 Å². The van der Waals surface area contributed by atoms with Gasteiger partial charge < -0.3 is 15.0 Å². The quantitative estimate of drug-likeness (QED) is 0.734. The van der Waals surface area contributed by atoms with E-state index in [0.717, 1.165) is 5.69 Å². The summed E-state index contributed by atoms with van der Waals surface area (Å²) in [5, 5.41) is 19.2. The van der Waals surface area contributed by atoms with E-state index in [-0.39, 0.29) is 12.1 Å². The number of anilines is 1. The first-order valence-corrected chi connectivity index (χ1v) is 8.16. The predicted molar refractivity (Wildman–Crippen MR) is 91.8 cm³/mol. The average molecular weight is 354 g/mol. The lowest BCUT2D eigenvalue weighted by molar-refractivity contribution is 0.127. The summed E-state index contributed by atoms with van der Waals surface area (Å²) >= 11 is 0. The number of likely N-dealkylation sites (tertiary alicyclic amines) is 1. The van der Waals surface area contributed by atoms with Crippen LogP contribution in [0.5, 0.6) is 5.75 Å². The van der Waals surface area contributed by atoms with Gasteiger partial charge in [0.15, 0.2) is 0 Å². The highest BCUT2D eigenvalue weighted by Gasteiger charge is 2.33. The maximum Gasteiger partial charge on any atom is 0.322 e. The van der Waals surface area contributed by atoms with Crippen molar-refractivity contribution in [2.45, 2.75) is 12.6 Å². The lowest BCUT2D eigenvalue weighted by Crippen LogP contribution is -2.52. The number of methoxy groups -OCH3 is 1. The Labute approximate surface area is 149 Å². The standard InChI is InChI=1S/C16H18N8O2/c1-26-15-5-3-2-4-14(15)19-16(25)22-10-13(11-22)23-8-12(20-21-23)9-24-17-6-7-18-24/h2-8,13H,9-11H2,1H3,(H,19,25). The number of carbonyl (C=O) groups excluding carboxylic acids is 1. The van der Waals surface area contributed by atoms with Gasteiger partial charge in [0.25, 0.3) is 0 Å². The third-order valence-corrected chi connectivity index (χ3v) is 4.20. The predicted octanol–water partition coefficient (Wildman–Crippen LogP) is 1.02. The van der Waals surface area contributed by atoms with Gasteiger partial charge in [-0.1, -0.05) is 17.3 Å². The lowest BCUT2D eigenvalue weighted by Gasteiger charge is -2.38. The van der Waals surface area contributed by atoms with Gasteiger partial charge in [0, 0.05) is 13.1 Å². The summed E-state index contributed by atoms with van der Waals surface area (Å²) in [5.74, 6) is 0.631. The summed E-state index contributed by atoms with van der Waals surface area (Å²) in [6.45, 7) is 1.62. The van der Waals surface area contributed by atoms with E-state index in [1.807, 2.05) is 18.3 Å². The Balaban J connectivity index is 1.32. The van der Waals surface area contributed by atoms with Crippen molar-refractivity contribution in [1.29, 1.82) is 0 Å². The second-order valence-electron chi connectivity index (χ2n) is 5.94. The van der Waals surface area contributed by atoms with Gasteiger partial charge in [-0.3, -0.25) is 0 Å². The molecule has 26 heavy (non-hydrogen) atoms. The van der Waals surface area contributed by atoms with Crippen LogP contribution in [0.3, 0.4) is 0 Å². The van der Waals surface area contributed by atoms with E-state index in [1.54, 1.807) is 46.0 Å². The van der Waals surface area contributed by atoms with Gasteiger partial charge in [-0.05, 0) is 12.1 Å². The van der Waals surface area contributed by atoms with Crippen molar-refractivity contribution in [3.05, 3.63) is 48.5 Å². The zero-order valence-electron chi connectivity index (χ0n) is 14.2. The number of para-hydroxylation sites is 2. The molecule has 0 bridgehead atoms. The Hall–Kier alpha value is -3.43. The molecule has 0 spiro atoms. The maximum atomic E-state index is 12.4. The summed E-state index contributed by atoms with van der Waals surface area (Å²) in [6.07, 6.45) is 5.10. The van der Waals surface area contributed by atoms with E-state index in [1.165, 1.54) is 0 Å². The van der Waals surface area contributed by atoms with Gasteiger partial charge in [0.2, 0.25) is 0 Å². The molecule has 1 N–H and O–H groups in total.